The first-order valence-electron chi connectivity index (χ1n) is 7.11. The number of carbonyl (C=O) groups is 1. The smallest absolute Gasteiger partial charge is 0.405 e. The SMILES string of the molecule is Cc1cccc2nc([C@H](C)NC(=O)O)n(-c3ccccc3)c12. The summed E-state index contributed by atoms with van der Waals surface area (Å²) < 4.78 is 2.02. The number of aromatic nitrogens is 2. The molecule has 0 fully saturated rings. The van der Waals surface area contributed by atoms with Gasteiger partial charge >= 0.3 is 6.09 Å². The van der Waals surface area contributed by atoms with Gasteiger partial charge in [-0.2, -0.15) is 0 Å². The topological polar surface area (TPSA) is 67.2 Å². The molecule has 1 amide bonds. The number of amides is 1. The molecule has 0 spiro atoms. The number of hydrogen-bond acceptors (Lipinski definition) is 2. The number of carboxylic acid groups (broad SMARTS) is 1. The minimum absolute atomic E-state index is 0.412. The normalized spacial score (nSPS) is 12.3. The van der Waals surface area contributed by atoms with Crippen LogP contribution >= 0.6 is 0 Å². The minimum Gasteiger partial charge on any atom is -0.465 e. The third kappa shape index (κ3) is 2.41. The van der Waals surface area contributed by atoms with E-state index in [1.165, 1.54) is 0 Å². The summed E-state index contributed by atoms with van der Waals surface area (Å²) in [5, 5.41) is 11.5. The molecule has 2 aromatic carbocycles. The highest BCUT2D eigenvalue weighted by molar-refractivity contribution is 5.82. The summed E-state index contributed by atoms with van der Waals surface area (Å²) >= 11 is 0. The molecule has 0 unspecified atom stereocenters. The van der Waals surface area contributed by atoms with Gasteiger partial charge in [-0.1, -0.05) is 30.3 Å². The van der Waals surface area contributed by atoms with Crippen molar-refractivity contribution in [2.24, 2.45) is 0 Å². The molecule has 0 saturated heterocycles. The summed E-state index contributed by atoms with van der Waals surface area (Å²) in [6.45, 7) is 3.83. The highest BCUT2D eigenvalue weighted by Gasteiger charge is 2.20. The van der Waals surface area contributed by atoms with Crippen LogP contribution < -0.4 is 5.32 Å². The van der Waals surface area contributed by atoms with Crippen molar-refractivity contribution in [1.82, 2.24) is 14.9 Å². The predicted octanol–water partition coefficient (Wildman–Crippen LogP) is 3.66. The molecule has 0 saturated carbocycles. The molecule has 0 aliphatic carbocycles. The van der Waals surface area contributed by atoms with Gasteiger partial charge in [0.05, 0.1) is 17.1 Å². The summed E-state index contributed by atoms with van der Waals surface area (Å²) in [6, 6.07) is 15.4. The van der Waals surface area contributed by atoms with Gasteiger partial charge in [-0.05, 0) is 37.6 Å². The second-order valence-electron chi connectivity index (χ2n) is 5.25. The van der Waals surface area contributed by atoms with Gasteiger partial charge in [0.25, 0.3) is 0 Å². The Kier molecular flexibility index (Phi) is 3.55. The van der Waals surface area contributed by atoms with E-state index in [0.717, 1.165) is 22.3 Å². The van der Waals surface area contributed by atoms with Gasteiger partial charge in [-0.25, -0.2) is 9.78 Å². The molecule has 0 radical (unpaired) electrons. The molecular weight excluding hydrogens is 278 g/mol. The predicted molar refractivity (Wildman–Crippen MR) is 85.4 cm³/mol. The van der Waals surface area contributed by atoms with Gasteiger partial charge in [0.2, 0.25) is 0 Å². The van der Waals surface area contributed by atoms with E-state index in [4.69, 9.17) is 5.11 Å². The fraction of sp³-hybridized carbons (Fsp3) is 0.176. The molecule has 0 aliphatic heterocycles. The fourth-order valence-electron chi connectivity index (χ4n) is 2.69. The first-order chi connectivity index (χ1) is 10.6. The molecule has 2 N–H and O–H groups in total. The Balaban J connectivity index is 2.28. The third-order valence-corrected chi connectivity index (χ3v) is 3.65. The Hall–Kier alpha value is -2.82. The molecular formula is C17H17N3O2. The first kappa shape index (κ1) is 14.1. The number of rotatable bonds is 3. The number of aryl methyl sites for hydroxylation is 1. The number of para-hydroxylation sites is 2. The van der Waals surface area contributed by atoms with Crippen LogP contribution in [0.4, 0.5) is 4.79 Å². The van der Waals surface area contributed by atoms with E-state index in [9.17, 15) is 4.79 Å². The Bertz CT molecular complexity index is 825. The van der Waals surface area contributed by atoms with E-state index in [2.05, 4.69) is 10.3 Å². The summed E-state index contributed by atoms with van der Waals surface area (Å²) in [7, 11) is 0. The second-order valence-corrected chi connectivity index (χ2v) is 5.25. The van der Waals surface area contributed by atoms with Crippen molar-refractivity contribution in [2.75, 3.05) is 0 Å². The number of fused-ring (bicyclic) bond motifs is 1. The molecule has 1 aromatic heterocycles. The lowest BCUT2D eigenvalue weighted by Crippen LogP contribution is -2.26. The van der Waals surface area contributed by atoms with Crippen molar-refractivity contribution in [3.8, 4) is 5.69 Å². The average molecular weight is 295 g/mol. The highest BCUT2D eigenvalue weighted by atomic mass is 16.4. The summed E-state index contributed by atoms with van der Waals surface area (Å²) in [5.41, 5.74) is 3.93. The molecule has 3 rings (SSSR count). The van der Waals surface area contributed by atoms with Gasteiger partial charge in [0.15, 0.2) is 0 Å². The summed E-state index contributed by atoms with van der Waals surface area (Å²) in [5.74, 6) is 0.679. The Labute approximate surface area is 128 Å². The van der Waals surface area contributed by atoms with Crippen LogP contribution in [0.5, 0.6) is 0 Å². The van der Waals surface area contributed by atoms with Gasteiger partial charge in [-0.3, -0.25) is 4.57 Å². The van der Waals surface area contributed by atoms with Crippen LogP contribution in [0.15, 0.2) is 48.5 Å². The van der Waals surface area contributed by atoms with Crippen molar-refractivity contribution in [3.05, 3.63) is 59.9 Å². The van der Waals surface area contributed by atoms with Gasteiger partial charge in [0.1, 0.15) is 5.82 Å². The number of nitrogens with one attached hydrogen (secondary N) is 1. The molecule has 112 valence electrons. The quantitative estimate of drug-likeness (QED) is 0.775. The monoisotopic (exact) mass is 295 g/mol. The van der Waals surface area contributed by atoms with E-state index < -0.39 is 12.1 Å². The Morgan fingerprint density at radius 3 is 2.59 bits per heavy atom. The van der Waals surface area contributed by atoms with Crippen molar-refractivity contribution in [3.63, 3.8) is 0 Å². The fourth-order valence-corrected chi connectivity index (χ4v) is 2.69. The van der Waals surface area contributed by atoms with E-state index >= 15 is 0 Å². The standard InChI is InChI=1S/C17H17N3O2/c1-11-7-6-10-14-15(11)20(13-8-4-3-5-9-13)16(19-14)12(2)18-17(21)22/h3-10,12,18H,1-2H3,(H,21,22)/t12-/m0/s1. The van der Waals surface area contributed by atoms with Crippen LogP contribution in [0, 0.1) is 6.92 Å². The molecule has 1 atom stereocenters. The van der Waals surface area contributed by atoms with E-state index in [1.807, 2.05) is 60.0 Å². The second kappa shape index (κ2) is 5.52. The zero-order valence-electron chi connectivity index (χ0n) is 12.4. The zero-order valence-corrected chi connectivity index (χ0v) is 12.4. The van der Waals surface area contributed by atoms with Crippen molar-refractivity contribution >= 4 is 17.1 Å². The molecule has 22 heavy (non-hydrogen) atoms. The van der Waals surface area contributed by atoms with E-state index in [-0.39, 0.29) is 0 Å². The van der Waals surface area contributed by atoms with Crippen LogP contribution in [-0.2, 0) is 0 Å². The molecule has 5 heteroatoms. The first-order valence-corrected chi connectivity index (χ1v) is 7.11. The maximum atomic E-state index is 11.0. The van der Waals surface area contributed by atoms with Crippen LogP contribution in [0.25, 0.3) is 16.7 Å². The minimum atomic E-state index is -1.06. The van der Waals surface area contributed by atoms with Crippen molar-refractivity contribution in [1.29, 1.82) is 0 Å². The maximum Gasteiger partial charge on any atom is 0.405 e. The van der Waals surface area contributed by atoms with Gasteiger partial charge < -0.3 is 10.4 Å². The lowest BCUT2D eigenvalue weighted by Gasteiger charge is -2.15. The lowest BCUT2D eigenvalue weighted by atomic mass is 10.2. The zero-order chi connectivity index (χ0) is 15.7. The highest BCUT2D eigenvalue weighted by Crippen LogP contribution is 2.27. The molecule has 0 aliphatic rings. The van der Waals surface area contributed by atoms with E-state index in [0.29, 0.717) is 5.82 Å². The maximum absolute atomic E-state index is 11.0. The van der Waals surface area contributed by atoms with Crippen LogP contribution in [-0.4, -0.2) is 20.8 Å². The Morgan fingerprint density at radius 1 is 1.18 bits per heavy atom. The van der Waals surface area contributed by atoms with Crippen LogP contribution in [0.1, 0.15) is 24.4 Å². The molecule has 5 nitrogen and oxygen atoms in total. The average Bonchev–Trinajstić information content (AvgIpc) is 2.88. The van der Waals surface area contributed by atoms with Crippen molar-refractivity contribution in [2.45, 2.75) is 19.9 Å². The largest absolute Gasteiger partial charge is 0.465 e. The van der Waals surface area contributed by atoms with Crippen molar-refractivity contribution < 1.29 is 9.90 Å². The lowest BCUT2D eigenvalue weighted by molar-refractivity contribution is 0.190. The van der Waals surface area contributed by atoms with Gasteiger partial charge in [0, 0.05) is 5.69 Å². The van der Waals surface area contributed by atoms with Crippen LogP contribution in [0.3, 0.4) is 0 Å². The Morgan fingerprint density at radius 2 is 1.91 bits per heavy atom. The number of imidazole rings is 1. The number of benzene rings is 2. The summed E-state index contributed by atoms with van der Waals surface area (Å²) in [4.78, 5) is 15.6. The van der Waals surface area contributed by atoms with Gasteiger partial charge in [-0.15, -0.1) is 0 Å². The molecule has 1 heterocycles. The number of nitrogens with zero attached hydrogens (tertiary/aromatic N) is 2. The summed E-state index contributed by atoms with van der Waals surface area (Å²) in [6.07, 6.45) is -1.06. The third-order valence-electron chi connectivity index (χ3n) is 3.65. The van der Waals surface area contributed by atoms with E-state index in [1.54, 1.807) is 6.92 Å². The molecule has 3 aromatic rings. The molecule has 0 bridgehead atoms. The number of hydrogen-bond donors (Lipinski definition) is 2. The van der Waals surface area contributed by atoms with Crippen LogP contribution in [0.2, 0.25) is 0 Å².